The van der Waals surface area contributed by atoms with E-state index in [-0.39, 0.29) is 17.2 Å². The highest BCUT2D eigenvalue weighted by atomic mass is 32.2. The number of carbonyl (C=O) groups excluding carboxylic acids is 1. The van der Waals surface area contributed by atoms with Gasteiger partial charge in [-0.25, -0.2) is 4.98 Å². The van der Waals surface area contributed by atoms with Crippen molar-refractivity contribution in [1.82, 2.24) is 9.55 Å². The first kappa shape index (κ1) is 22.9. The summed E-state index contributed by atoms with van der Waals surface area (Å²) in [6.45, 7) is 4.09. The Bertz CT molecular complexity index is 1420. The Kier molecular flexibility index (Phi) is 6.57. The van der Waals surface area contributed by atoms with Crippen molar-refractivity contribution < 1.29 is 4.79 Å². The first-order chi connectivity index (χ1) is 16.5. The van der Waals surface area contributed by atoms with E-state index in [1.807, 2.05) is 55.5 Å². The number of anilines is 1. The summed E-state index contributed by atoms with van der Waals surface area (Å²) in [5.74, 6) is 0.0635. The summed E-state index contributed by atoms with van der Waals surface area (Å²) in [6.07, 6.45) is 5.07. The Morgan fingerprint density at radius 2 is 1.88 bits per heavy atom. The van der Waals surface area contributed by atoms with Crippen molar-refractivity contribution in [2.75, 3.05) is 11.1 Å². The number of thioether (sulfide) groups is 1. The molecule has 4 aromatic rings. The number of aromatic nitrogens is 2. The first-order valence-corrected chi connectivity index (χ1v) is 13.5. The molecule has 7 heteroatoms. The lowest BCUT2D eigenvalue weighted by molar-refractivity contribution is -0.113. The molecule has 0 unspecified atom stereocenters. The van der Waals surface area contributed by atoms with Crippen molar-refractivity contribution >= 4 is 44.9 Å². The second-order valence-corrected chi connectivity index (χ2v) is 10.6. The number of hydrogen-bond acceptors (Lipinski definition) is 5. The van der Waals surface area contributed by atoms with Crippen LogP contribution >= 0.6 is 23.1 Å². The molecule has 0 atom stereocenters. The minimum atomic E-state index is -0.110. The third kappa shape index (κ3) is 4.42. The summed E-state index contributed by atoms with van der Waals surface area (Å²) in [7, 11) is 0. The molecule has 0 bridgehead atoms. The minimum Gasteiger partial charge on any atom is -0.325 e. The van der Waals surface area contributed by atoms with Gasteiger partial charge in [0.15, 0.2) is 5.16 Å². The Morgan fingerprint density at radius 1 is 1.12 bits per heavy atom. The highest BCUT2D eigenvalue weighted by Crippen LogP contribution is 2.35. The fourth-order valence-electron chi connectivity index (χ4n) is 4.47. The van der Waals surface area contributed by atoms with Gasteiger partial charge in [-0.1, -0.05) is 54.6 Å². The molecule has 1 N–H and O–H groups in total. The van der Waals surface area contributed by atoms with Gasteiger partial charge >= 0.3 is 0 Å². The van der Waals surface area contributed by atoms with Crippen molar-refractivity contribution in [2.24, 2.45) is 0 Å². The summed E-state index contributed by atoms with van der Waals surface area (Å²) in [5, 5.41) is 4.33. The molecule has 1 aliphatic rings. The largest absolute Gasteiger partial charge is 0.325 e. The molecule has 174 valence electrons. The Balaban J connectivity index is 1.51. The van der Waals surface area contributed by atoms with E-state index in [1.54, 1.807) is 15.9 Å². The van der Waals surface area contributed by atoms with E-state index in [1.165, 1.54) is 22.2 Å². The van der Waals surface area contributed by atoms with Gasteiger partial charge in [0.2, 0.25) is 5.91 Å². The van der Waals surface area contributed by atoms with Crippen molar-refractivity contribution in [2.45, 2.75) is 51.1 Å². The molecule has 0 saturated heterocycles. The van der Waals surface area contributed by atoms with Gasteiger partial charge in [0, 0.05) is 10.6 Å². The fourth-order valence-corrected chi connectivity index (χ4v) is 6.59. The minimum absolute atomic E-state index is 0.0347. The Labute approximate surface area is 207 Å². The Morgan fingerprint density at radius 3 is 2.68 bits per heavy atom. The molecule has 0 fully saturated rings. The maximum absolute atomic E-state index is 13.8. The molecular weight excluding hydrogens is 462 g/mol. The molecule has 2 aromatic carbocycles. The SMILES string of the molecule is CCc1ccccc1NC(=O)CSc1nc2sc3c(c2c(=O)n1-c1ccc(C)cc1)CCCC3. The van der Waals surface area contributed by atoms with Gasteiger partial charge in [-0.05, 0) is 68.4 Å². The topological polar surface area (TPSA) is 64.0 Å². The van der Waals surface area contributed by atoms with Gasteiger partial charge in [0.05, 0.1) is 16.8 Å². The number of rotatable bonds is 6. The summed E-state index contributed by atoms with van der Waals surface area (Å²) < 4.78 is 1.68. The molecule has 0 radical (unpaired) electrons. The number of aryl methyl sites for hydroxylation is 4. The maximum atomic E-state index is 13.8. The van der Waals surface area contributed by atoms with Gasteiger partial charge in [-0.2, -0.15) is 0 Å². The number of fused-ring (bicyclic) bond motifs is 3. The third-order valence-corrected chi connectivity index (χ3v) is 8.38. The lowest BCUT2D eigenvalue weighted by Gasteiger charge is -2.14. The van der Waals surface area contributed by atoms with E-state index in [9.17, 15) is 9.59 Å². The smallest absolute Gasteiger partial charge is 0.267 e. The van der Waals surface area contributed by atoms with Crippen LogP contribution in [-0.2, 0) is 24.1 Å². The van der Waals surface area contributed by atoms with Crippen LogP contribution < -0.4 is 10.9 Å². The number of hydrogen-bond donors (Lipinski definition) is 1. The fraction of sp³-hybridized carbons (Fsp3) is 0.296. The zero-order valence-electron chi connectivity index (χ0n) is 19.4. The van der Waals surface area contributed by atoms with Crippen molar-refractivity contribution in [3.05, 3.63) is 80.5 Å². The predicted octanol–water partition coefficient (Wildman–Crippen LogP) is 5.93. The predicted molar refractivity (Wildman–Crippen MR) is 142 cm³/mol. The van der Waals surface area contributed by atoms with Crippen LogP contribution in [0.1, 0.15) is 41.3 Å². The molecule has 34 heavy (non-hydrogen) atoms. The molecular formula is C27H27N3O2S2. The number of nitrogens with one attached hydrogen (secondary N) is 1. The molecule has 0 saturated carbocycles. The summed E-state index contributed by atoms with van der Waals surface area (Å²) in [4.78, 5) is 33.6. The molecule has 0 aliphatic heterocycles. The number of nitrogens with zero attached hydrogens (tertiary/aromatic N) is 2. The van der Waals surface area contributed by atoms with Gasteiger partial charge < -0.3 is 5.32 Å². The van der Waals surface area contributed by atoms with Gasteiger partial charge in [0.1, 0.15) is 4.83 Å². The molecule has 2 aromatic heterocycles. The number of benzene rings is 2. The molecule has 1 aliphatic carbocycles. The van der Waals surface area contributed by atoms with Crippen molar-refractivity contribution in [3.8, 4) is 5.69 Å². The average molecular weight is 490 g/mol. The molecule has 0 spiro atoms. The summed E-state index contributed by atoms with van der Waals surface area (Å²) in [6, 6.07) is 15.7. The van der Waals surface area contributed by atoms with E-state index in [4.69, 9.17) is 4.98 Å². The van der Waals surface area contributed by atoms with Gasteiger partial charge in [-0.15, -0.1) is 11.3 Å². The second-order valence-electron chi connectivity index (χ2n) is 8.61. The van der Waals surface area contributed by atoms with Crippen LogP contribution in [0.25, 0.3) is 15.9 Å². The number of amides is 1. The zero-order valence-corrected chi connectivity index (χ0v) is 21.0. The molecule has 5 nitrogen and oxygen atoms in total. The maximum Gasteiger partial charge on any atom is 0.267 e. The van der Waals surface area contributed by atoms with E-state index < -0.39 is 0 Å². The second kappa shape index (κ2) is 9.76. The van der Waals surface area contributed by atoms with Crippen LogP contribution in [0.5, 0.6) is 0 Å². The third-order valence-electron chi connectivity index (χ3n) is 6.26. The lowest BCUT2D eigenvalue weighted by atomic mass is 9.97. The Hall–Kier alpha value is -2.90. The first-order valence-electron chi connectivity index (χ1n) is 11.7. The molecule has 5 rings (SSSR count). The monoisotopic (exact) mass is 489 g/mol. The van der Waals surface area contributed by atoms with E-state index in [2.05, 4.69) is 12.2 Å². The number of thiophene rings is 1. The van der Waals surface area contributed by atoms with Crippen LogP contribution in [0.3, 0.4) is 0 Å². The highest BCUT2D eigenvalue weighted by Gasteiger charge is 2.23. The van der Waals surface area contributed by atoms with E-state index >= 15 is 0 Å². The van der Waals surface area contributed by atoms with Crippen LogP contribution in [0, 0.1) is 6.92 Å². The van der Waals surface area contributed by atoms with Crippen LogP contribution in [0.4, 0.5) is 5.69 Å². The lowest BCUT2D eigenvalue weighted by Crippen LogP contribution is -2.23. The molecule has 2 heterocycles. The quantitative estimate of drug-likeness (QED) is 0.269. The van der Waals surface area contributed by atoms with Gasteiger partial charge in [-0.3, -0.25) is 14.2 Å². The van der Waals surface area contributed by atoms with Crippen molar-refractivity contribution in [3.63, 3.8) is 0 Å². The summed E-state index contributed by atoms with van der Waals surface area (Å²) in [5.41, 5.74) is 4.98. The standard InChI is InChI=1S/C27H27N3O2S2/c1-3-18-8-4-6-10-21(18)28-23(31)16-33-27-29-25-24(20-9-5-7-11-22(20)34-25)26(32)30(27)19-14-12-17(2)13-15-19/h4,6,8,10,12-15H,3,5,7,9,11,16H2,1-2H3,(H,28,31). The van der Waals surface area contributed by atoms with Gasteiger partial charge in [0.25, 0.3) is 5.56 Å². The van der Waals surface area contributed by atoms with E-state index in [0.717, 1.165) is 64.8 Å². The zero-order chi connectivity index (χ0) is 23.7. The van der Waals surface area contributed by atoms with E-state index in [0.29, 0.717) is 5.16 Å². The number of para-hydroxylation sites is 1. The van der Waals surface area contributed by atoms with Crippen LogP contribution in [0.15, 0.2) is 58.5 Å². The van der Waals surface area contributed by atoms with Crippen molar-refractivity contribution in [1.29, 1.82) is 0 Å². The highest BCUT2D eigenvalue weighted by molar-refractivity contribution is 7.99. The van der Waals surface area contributed by atoms with Crippen LogP contribution in [0.2, 0.25) is 0 Å². The molecule has 1 amide bonds. The number of carbonyl (C=O) groups is 1. The normalized spacial score (nSPS) is 13.1. The average Bonchev–Trinajstić information content (AvgIpc) is 3.22. The van der Waals surface area contributed by atoms with Crippen LogP contribution in [-0.4, -0.2) is 21.2 Å². The summed E-state index contributed by atoms with van der Waals surface area (Å²) >= 11 is 2.95.